The highest BCUT2D eigenvalue weighted by Gasteiger charge is 2.45. The van der Waals surface area contributed by atoms with Crippen molar-refractivity contribution in [2.24, 2.45) is 5.73 Å². The molecule has 2 aliphatic rings. The molecule has 2 heterocycles. The van der Waals surface area contributed by atoms with E-state index in [1.54, 1.807) is 48.5 Å². The van der Waals surface area contributed by atoms with Crippen LogP contribution in [0.5, 0.6) is 5.75 Å². The van der Waals surface area contributed by atoms with Crippen LogP contribution >= 0.6 is 0 Å². The number of carbonyl (C=O) groups is 1. The second kappa shape index (κ2) is 14.0. The first-order valence-corrected chi connectivity index (χ1v) is 14.3. The maximum absolute atomic E-state index is 13.9. The zero-order valence-electron chi connectivity index (χ0n) is 23.9. The number of anilines is 3. The number of para-hydroxylation sites is 1. The van der Waals surface area contributed by atoms with Crippen molar-refractivity contribution in [2.75, 3.05) is 48.4 Å². The van der Waals surface area contributed by atoms with E-state index in [9.17, 15) is 25.2 Å². The van der Waals surface area contributed by atoms with Gasteiger partial charge >= 0.3 is 0 Å². The third kappa shape index (κ3) is 7.10. The first kappa shape index (κ1) is 31.2. The molecule has 2 saturated heterocycles. The lowest BCUT2D eigenvalue weighted by molar-refractivity contribution is -0.277. The summed E-state index contributed by atoms with van der Waals surface area (Å²) in [4.78, 5) is 16.1. The molecule has 44 heavy (non-hydrogen) atoms. The van der Waals surface area contributed by atoms with Gasteiger partial charge in [0, 0.05) is 41.3 Å². The van der Waals surface area contributed by atoms with Crippen molar-refractivity contribution in [1.29, 1.82) is 5.41 Å². The van der Waals surface area contributed by atoms with Crippen LogP contribution in [0.25, 0.3) is 0 Å². The molecule has 0 aliphatic carbocycles. The second-order valence-corrected chi connectivity index (χ2v) is 10.6. The summed E-state index contributed by atoms with van der Waals surface area (Å²) in [6.07, 6.45) is -7.45. The summed E-state index contributed by atoms with van der Waals surface area (Å²) in [5, 5.41) is 54.5. The van der Waals surface area contributed by atoms with Gasteiger partial charge in [0.2, 0.25) is 6.29 Å². The van der Waals surface area contributed by atoms with Crippen LogP contribution in [0.15, 0.2) is 72.8 Å². The third-order valence-corrected chi connectivity index (χ3v) is 7.58. The number of benzene rings is 3. The predicted octanol–water partition coefficient (Wildman–Crippen LogP) is 0.778. The van der Waals surface area contributed by atoms with Crippen LogP contribution in [-0.4, -0.2) is 95.8 Å². The van der Waals surface area contributed by atoms with E-state index >= 15 is 0 Å². The average Bonchev–Trinajstić information content (AvgIpc) is 3.05. The van der Waals surface area contributed by atoms with E-state index in [0.717, 1.165) is 18.8 Å². The Bertz CT molecular complexity index is 1430. The Kier molecular flexibility index (Phi) is 9.95. The predicted molar refractivity (Wildman–Crippen MR) is 163 cm³/mol. The number of rotatable bonds is 10. The van der Waals surface area contributed by atoms with E-state index in [2.05, 4.69) is 15.5 Å². The number of ether oxygens (including phenoxy) is 3. The van der Waals surface area contributed by atoms with Gasteiger partial charge in [-0.2, -0.15) is 0 Å². The summed E-state index contributed by atoms with van der Waals surface area (Å²) in [6.45, 7) is 2.25. The van der Waals surface area contributed by atoms with E-state index in [0.29, 0.717) is 35.7 Å². The monoisotopic (exact) mass is 607 g/mol. The fourth-order valence-corrected chi connectivity index (χ4v) is 5.14. The largest absolute Gasteiger partial charge is 0.462 e. The van der Waals surface area contributed by atoms with Crippen LogP contribution in [-0.2, 0) is 14.3 Å². The number of nitrogen functional groups attached to an aromatic ring is 1. The van der Waals surface area contributed by atoms with Crippen LogP contribution < -0.4 is 26.0 Å². The topological polar surface area (TPSA) is 203 Å². The molecule has 13 heteroatoms. The third-order valence-electron chi connectivity index (χ3n) is 7.58. The Morgan fingerprint density at radius 1 is 0.977 bits per heavy atom. The van der Waals surface area contributed by atoms with E-state index in [1.165, 1.54) is 0 Å². The molecule has 1 amide bonds. The number of aliphatic hydroxyl groups excluding tert-OH is 4. The fraction of sp³-hybridized carbons (Fsp3) is 0.355. The van der Waals surface area contributed by atoms with Crippen molar-refractivity contribution in [3.8, 4) is 5.75 Å². The quantitative estimate of drug-likeness (QED) is 0.120. The molecule has 0 spiro atoms. The lowest BCUT2D eigenvalue weighted by Crippen LogP contribution is -2.60. The smallest absolute Gasteiger partial charge is 0.251 e. The molecule has 5 rings (SSSR count). The fourth-order valence-electron chi connectivity index (χ4n) is 5.14. The molecule has 0 aromatic heterocycles. The van der Waals surface area contributed by atoms with Crippen LogP contribution in [0.1, 0.15) is 17.2 Å². The summed E-state index contributed by atoms with van der Waals surface area (Å²) in [6, 6.07) is 19.8. The Morgan fingerprint density at radius 2 is 1.70 bits per heavy atom. The molecule has 2 fully saturated rings. The number of nitrogens with zero attached hydrogens (tertiary/aromatic N) is 1. The van der Waals surface area contributed by atoms with Gasteiger partial charge in [-0.25, -0.2) is 0 Å². The highest BCUT2D eigenvalue weighted by Crippen LogP contribution is 2.33. The Hall–Kier alpha value is -4.24. The van der Waals surface area contributed by atoms with Gasteiger partial charge in [0.05, 0.1) is 19.8 Å². The highest BCUT2D eigenvalue weighted by atomic mass is 16.7. The number of hydrogen-bond donors (Lipinski definition) is 8. The van der Waals surface area contributed by atoms with Gasteiger partial charge in [-0.15, -0.1) is 0 Å². The minimum absolute atomic E-state index is 0.138. The molecule has 3 aromatic rings. The van der Waals surface area contributed by atoms with Gasteiger partial charge in [-0.05, 0) is 42.5 Å². The number of nitrogens with one attached hydrogen (secondary N) is 3. The maximum atomic E-state index is 13.9. The van der Waals surface area contributed by atoms with E-state index < -0.39 is 49.3 Å². The van der Waals surface area contributed by atoms with Gasteiger partial charge in [0.15, 0.2) is 0 Å². The normalized spacial score (nSPS) is 24.3. The molecule has 0 radical (unpaired) electrons. The Labute approximate surface area is 254 Å². The summed E-state index contributed by atoms with van der Waals surface area (Å²) in [5.74, 6) is -0.432. The zero-order chi connectivity index (χ0) is 31.2. The Balaban J connectivity index is 1.43. The molecule has 2 aliphatic heterocycles. The van der Waals surface area contributed by atoms with Crippen molar-refractivity contribution in [2.45, 2.75) is 36.7 Å². The van der Waals surface area contributed by atoms with Gasteiger partial charge in [-0.3, -0.25) is 10.2 Å². The summed E-state index contributed by atoms with van der Waals surface area (Å²) < 4.78 is 16.9. The maximum Gasteiger partial charge on any atom is 0.251 e. The molecule has 0 bridgehead atoms. The SMILES string of the molecule is N=C(N)c1cccc(NC(C(=O)Nc2ccc(N3CCOCC3)cc2)c2ccccc2OC2OC(CO)C(O)C(O)C2O)c1. The number of aliphatic hydroxyl groups is 4. The summed E-state index contributed by atoms with van der Waals surface area (Å²) >= 11 is 0. The molecule has 6 unspecified atom stereocenters. The minimum atomic E-state index is -1.64. The van der Waals surface area contributed by atoms with Gasteiger partial charge in [0.1, 0.15) is 42.0 Å². The van der Waals surface area contributed by atoms with Crippen LogP contribution in [0.2, 0.25) is 0 Å². The van der Waals surface area contributed by atoms with E-state index in [1.807, 2.05) is 24.3 Å². The molecular formula is C31H37N5O8. The van der Waals surface area contributed by atoms with Gasteiger partial charge in [0.25, 0.3) is 5.91 Å². The standard InChI is InChI=1S/C31H37N5O8/c32-29(33)18-4-3-5-20(16-18)34-25(30(41)35-19-8-10-21(11-9-19)36-12-14-42-15-13-36)22-6-1-2-7-23(22)43-31-28(40)27(39)26(38)24(17-37)44-31/h1-11,16,24-28,31,34,37-40H,12-15,17H2,(H3,32,33)(H,35,41). The number of morpholine rings is 1. The number of nitrogens with two attached hydrogens (primary N) is 1. The highest BCUT2D eigenvalue weighted by molar-refractivity contribution is 5.99. The minimum Gasteiger partial charge on any atom is -0.462 e. The van der Waals surface area contributed by atoms with Crippen molar-refractivity contribution in [3.63, 3.8) is 0 Å². The number of carbonyl (C=O) groups excluding carboxylic acids is 1. The first-order chi connectivity index (χ1) is 21.2. The molecular weight excluding hydrogens is 570 g/mol. The number of amides is 1. The van der Waals surface area contributed by atoms with E-state index in [-0.39, 0.29) is 11.6 Å². The van der Waals surface area contributed by atoms with Gasteiger partial charge < -0.3 is 55.9 Å². The van der Waals surface area contributed by atoms with Crippen LogP contribution in [0, 0.1) is 5.41 Å². The number of amidine groups is 1. The van der Waals surface area contributed by atoms with Crippen LogP contribution in [0.4, 0.5) is 17.1 Å². The van der Waals surface area contributed by atoms with Crippen molar-refractivity contribution < 1.29 is 39.4 Å². The molecule has 0 saturated carbocycles. The van der Waals surface area contributed by atoms with Crippen molar-refractivity contribution >= 4 is 28.8 Å². The van der Waals surface area contributed by atoms with Gasteiger partial charge in [-0.1, -0.05) is 30.3 Å². The van der Waals surface area contributed by atoms with E-state index in [4.69, 9.17) is 25.4 Å². The molecule has 9 N–H and O–H groups in total. The summed E-state index contributed by atoms with van der Waals surface area (Å²) in [7, 11) is 0. The zero-order valence-corrected chi connectivity index (χ0v) is 23.9. The Morgan fingerprint density at radius 3 is 2.41 bits per heavy atom. The lowest BCUT2D eigenvalue weighted by Gasteiger charge is -2.39. The van der Waals surface area contributed by atoms with Crippen molar-refractivity contribution in [3.05, 3.63) is 83.9 Å². The molecule has 3 aromatic carbocycles. The molecule has 234 valence electrons. The number of hydrogen-bond acceptors (Lipinski definition) is 11. The molecule has 13 nitrogen and oxygen atoms in total. The molecule has 6 atom stereocenters. The van der Waals surface area contributed by atoms with Crippen LogP contribution in [0.3, 0.4) is 0 Å². The lowest BCUT2D eigenvalue weighted by atomic mass is 9.99. The average molecular weight is 608 g/mol. The second-order valence-electron chi connectivity index (χ2n) is 10.6. The summed E-state index contributed by atoms with van der Waals surface area (Å²) in [5.41, 5.74) is 8.58. The van der Waals surface area contributed by atoms with Crippen molar-refractivity contribution in [1.82, 2.24) is 0 Å². The first-order valence-electron chi connectivity index (χ1n) is 14.3.